The first-order chi connectivity index (χ1) is 32.2. The summed E-state index contributed by atoms with van der Waals surface area (Å²) in [5.41, 5.74) is 10.3. The minimum absolute atomic E-state index is 0.492. The van der Waals surface area contributed by atoms with E-state index in [9.17, 15) is 0 Å². The summed E-state index contributed by atoms with van der Waals surface area (Å²) in [5.74, 6) is 3.52. The third-order valence-corrected chi connectivity index (χ3v) is 12.2. The number of aromatic nitrogens is 9. The minimum atomic E-state index is 0.492. The van der Waals surface area contributed by atoms with Gasteiger partial charge in [0.15, 0.2) is 34.9 Å². The molecule has 302 valence electrons. The van der Waals surface area contributed by atoms with E-state index < -0.39 is 0 Å². The number of rotatable bonds is 7. The van der Waals surface area contributed by atoms with E-state index in [0.29, 0.717) is 40.6 Å². The van der Waals surface area contributed by atoms with Crippen LogP contribution in [0.2, 0.25) is 0 Å². The Morgan fingerprint density at radius 2 is 0.877 bits per heavy atom. The van der Waals surface area contributed by atoms with Gasteiger partial charge in [0.2, 0.25) is 0 Å². The molecule has 0 saturated heterocycles. The zero-order valence-electron chi connectivity index (χ0n) is 34.6. The van der Waals surface area contributed by atoms with Crippen LogP contribution in [0, 0.1) is 0 Å². The molecule has 0 fully saturated rings. The third-order valence-electron chi connectivity index (χ3n) is 12.2. The van der Waals surface area contributed by atoms with Gasteiger partial charge in [-0.05, 0) is 65.4 Å². The van der Waals surface area contributed by atoms with Crippen LogP contribution in [0.4, 0.5) is 0 Å². The van der Waals surface area contributed by atoms with Crippen molar-refractivity contribution in [3.05, 3.63) is 200 Å². The lowest BCUT2D eigenvalue weighted by atomic mass is 9.95. The van der Waals surface area contributed by atoms with Gasteiger partial charge in [0.25, 0.3) is 0 Å². The fourth-order valence-corrected chi connectivity index (χ4v) is 9.14. The molecule has 9 nitrogen and oxygen atoms in total. The van der Waals surface area contributed by atoms with Crippen LogP contribution in [0.15, 0.2) is 200 Å². The molecule has 65 heavy (non-hydrogen) atoms. The molecule has 7 aromatic carbocycles. The summed E-state index contributed by atoms with van der Waals surface area (Å²) in [6.07, 6.45) is 3.61. The number of pyridine rings is 3. The highest BCUT2D eigenvalue weighted by molar-refractivity contribution is 6.28. The topological polar surface area (TPSA) is 108 Å². The fourth-order valence-electron chi connectivity index (χ4n) is 9.14. The van der Waals surface area contributed by atoms with Crippen LogP contribution < -0.4 is 0 Å². The molecule has 6 heterocycles. The molecule has 0 aliphatic carbocycles. The highest BCUT2D eigenvalue weighted by Crippen LogP contribution is 2.43. The molecule has 0 saturated carbocycles. The summed E-state index contributed by atoms with van der Waals surface area (Å²) in [7, 11) is 0. The number of hydrogen-bond donors (Lipinski definition) is 0. The van der Waals surface area contributed by atoms with Crippen molar-refractivity contribution in [1.82, 2.24) is 44.3 Å². The molecule has 9 heteroatoms. The maximum absolute atomic E-state index is 5.15. The number of benzene rings is 7. The highest BCUT2D eigenvalue weighted by atomic mass is 15.1. The Labute approximate surface area is 371 Å². The van der Waals surface area contributed by atoms with Gasteiger partial charge in [-0.2, -0.15) is 0 Å². The fraction of sp³-hybridized carbons (Fsp3) is 0. The second-order valence-electron chi connectivity index (χ2n) is 16.0. The second-order valence-corrected chi connectivity index (χ2v) is 16.0. The Bertz CT molecular complexity index is 3860. The Hall–Kier alpha value is -9.08. The van der Waals surface area contributed by atoms with Crippen molar-refractivity contribution in [2.45, 2.75) is 0 Å². The molecule has 0 atom stereocenters. The lowest BCUT2D eigenvalue weighted by Crippen LogP contribution is -2.02. The average Bonchev–Trinajstić information content (AvgIpc) is 3.73. The number of nitrogens with zero attached hydrogens (tertiary/aromatic N) is 9. The Kier molecular flexibility index (Phi) is 8.32. The van der Waals surface area contributed by atoms with E-state index in [-0.39, 0.29) is 0 Å². The van der Waals surface area contributed by atoms with Gasteiger partial charge in [0.1, 0.15) is 5.69 Å². The normalized spacial score (nSPS) is 11.7. The van der Waals surface area contributed by atoms with Crippen molar-refractivity contribution < 1.29 is 0 Å². The van der Waals surface area contributed by atoms with Crippen molar-refractivity contribution in [3.8, 4) is 79.7 Å². The zero-order chi connectivity index (χ0) is 42.8. The van der Waals surface area contributed by atoms with E-state index in [1.807, 2.05) is 128 Å². The summed E-state index contributed by atoms with van der Waals surface area (Å²) in [5, 5.41) is 6.76. The molecule has 6 aromatic heterocycles. The standard InChI is InChI=1S/C56H33N9/c1-4-14-34(15-5-1)51-59-52(35-16-6-2-7-17-35)61-54(60-51)37-26-30-47-44(32-37)42-22-12-21-41-40-27-28-43(39-20-13-24-48(49(39)40)65(47)50(41)42)55-62-53(36-18-8-3-9-19-36)63-56(64-55)46-29-25-38(33-58-46)45-23-10-11-31-57-45/h1-33H. The molecule has 0 bridgehead atoms. The summed E-state index contributed by atoms with van der Waals surface area (Å²) in [6, 6.07) is 64.1. The molecular weight excluding hydrogens is 799 g/mol. The predicted molar refractivity (Wildman–Crippen MR) is 259 cm³/mol. The van der Waals surface area contributed by atoms with Crippen molar-refractivity contribution in [3.63, 3.8) is 0 Å². The molecule has 0 radical (unpaired) electrons. The number of hydrogen-bond acceptors (Lipinski definition) is 8. The van der Waals surface area contributed by atoms with Crippen LogP contribution in [0.25, 0.3) is 129 Å². The summed E-state index contributed by atoms with van der Waals surface area (Å²) < 4.78 is 2.41. The average molecular weight is 832 g/mol. The number of para-hydroxylation sites is 1. The van der Waals surface area contributed by atoms with Gasteiger partial charge < -0.3 is 4.40 Å². The summed E-state index contributed by atoms with van der Waals surface area (Å²) in [6.45, 7) is 0. The van der Waals surface area contributed by atoms with Gasteiger partial charge >= 0.3 is 0 Å². The molecular formula is C56H33N9. The number of fused-ring (bicyclic) bond motifs is 5. The SMILES string of the molecule is c1ccc(-c2nc(-c3ccccc3)nc(-c3ccc4c(c3)c3cccc5c6ccc(-c7nc(-c8ccccc8)nc(-c8ccc(-c9ccccn9)cn8)n7)c7cccc(c76)n4c53)n2)cc1. The van der Waals surface area contributed by atoms with Crippen molar-refractivity contribution >= 4 is 48.9 Å². The lowest BCUT2D eigenvalue weighted by molar-refractivity contribution is 1.06. The lowest BCUT2D eigenvalue weighted by Gasteiger charge is -2.15. The minimum Gasteiger partial charge on any atom is -0.308 e. The molecule has 0 spiro atoms. The van der Waals surface area contributed by atoms with Gasteiger partial charge in [-0.1, -0.05) is 133 Å². The molecule has 0 amide bonds. The summed E-state index contributed by atoms with van der Waals surface area (Å²) in [4.78, 5) is 39.7. The first-order valence-electron chi connectivity index (χ1n) is 21.4. The van der Waals surface area contributed by atoms with Gasteiger partial charge in [-0.25, -0.2) is 29.9 Å². The first-order valence-corrected chi connectivity index (χ1v) is 21.4. The maximum Gasteiger partial charge on any atom is 0.182 e. The predicted octanol–water partition coefficient (Wildman–Crippen LogP) is 12.8. The Morgan fingerprint density at radius 3 is 1.52 bits per heavy atom. The second kappa shape index (κ2) is 14.8. The van der Waals surface area contributed by atoms with Gasteiger partial charge in [-0.3, -0.25) is 9.97 Å². The molecule has 0 aliphatic rings. The van der Waals surface area contributed by atoms with Crippen LogP contribution in [-0.4, -0.2) is 44.3 Å². The van der Waals surface area contributed by atoms with Crippen molar-refractivity contribution in [2.24, 2.45) is 0 Å². The molecule has 0 N–H and O–H groups in total. The first kappa shape index (κ1) is 36.6. The Balaban J connectivity index is 0.998. The van der Waals surface area contributed by atoms with Crippen LogP contribution in [0.3, 0.4) is 0 Å². The monoisotopic (exact) mass is 831 g/mol. The highest BCUT2D eigenvalue weighted by Gasteiger charge is 2.22. The van der Waals surface area contributed by atoms with E-state index >= 15 is 0 Å². The zero-order valence-corrected chi connectivity index (χ0v) is 34.6. The van der Waals surface area contributed by atoms with E-state index in [4.69, 9.17) is 34.9 Å². The van der Waals surface area contributed by atoms with Crippen molar-refractivity contribution in [1.29, 1.82) is 0 Å². The smallest absolute Gasteiger partial charge is 0.182 e. The Morgan fingerprint density at radius 1 is 0.308 bits per heavy atom. The molecule has 13 rings (SSSR count). The van der Waals surface area contributed by atoms with Gasteiger partial charge in [0, 0.05) is 67.3 Å². The van der Waals surface area contributed by atoms with Crippen molar-refractivity contribution in [2.75, 3.05) is 0 Å². The molecule has 0 aliphatic heterocycles. The maximum atomic E-state index is 5.15. The van der Waals surface area contributed by atoms with Gasteiger partial charge in [-0.15, -0.1) is 0 Å². The van der Waals surface area contributed by atoms with Crippen LogP contribution in [0.5, 0.6) is 0 Å². The quantitative estimate of drug-likeness (QED) is 0.115. The van der Waals surface area contributed by atoms with Gasteiger partial charge in [0.05, 0.1) is 22.2 Å². The van der Waals surface area contributed by atoms with E-state index in [0.717, 1.165) is 87.9 Å². The van der Waals surface area contributed by atoms with E-state index in [2.05, 4.69) is 76.1 Å². The third kappa shape index (κ3) is 6.09. The van der Waals surface area contributed by atoms with E-state index in [1.54, 1.807) is 6.20 Å². The summed E-state index contributed by atoms with van der Waals surface area (Å²) >= 11 is 0. The molecule has 0 unspecified atom stereocenters. The van der Waals surface area contributed by atoms with Crippen LogP contribution in [0.1, 0.15) is 0 Å². The van der Waals surface area contributed by atoms with E-state index in [1.165, 1.54) is 0 Å². The van der Waals surface area contributed by atoms with Crippen LogP contribution in [-0.2, 0) is 0 Å². The molecule has 13 aromatic rings. The van der Waals surface area contributed by atoms with Crippen LogP contribution >= 0.6 is 0 Å². The largest absolute Gasteiger partial charge is 0.308 e.